The zero-order valence-electron chi connectivity index (χ0n) is 11.0. The minimum absolute atomic E-state index is 0.0176. The maximum absolute atomic E-state index is 12.5. The number of nitrogens with one attached hydrogen (secondary N) is 1. The number of aryl methyl sites for hydroxylation is 1. The summed E-state index contributed by atoms with van der Waals surface area (Å²) < 4.78 is 26.4. The Bertz CT molecular complexity index is 575. The summed E-state index contributed by atoms with van der Waals surface area (Å²) in [6, 6.07) is 6.94. The fourth-order valence-electron chi connectivity index (χ4n) is 2.33. The van der Waals surface area contributed by atoms with Crippen molar-refractivity contribution in [3.05, 3.63) is 29.8 Å². The minimum Gasteiger partial charge on any atom is -0.387 e. The van der Waals surface area contributed by atoms with Gasteiger partial charge >= 0.3 is 0 Å². The number of hydrogen-bond donors (Lipinski definition) is 2. The Labute approximate surface area is 114 Å². The van der Waals surface area contributed by atoms with Crippen molar-refractivity contribution < 1.29 is 8.42 Å². The molecular weight excluding hydrogens is 262 g/mol. The van der Waals surface area contributed by atoms with E-state index in [9.17, 15) is 8.42 Å². The summed E-state index contributed by atoms with van der Waals surface area (Å²) in [6.07, 6.45) is 1.25. The van der Waals surface area contributed by atoms with E-state index in [4.69, 9.17) is 11.1 Å². The topological polar surface area (TPSA) is 87.2 Å². The predicted molar refractivity (Wildman–Crippen MR) is 74.6 cm³/mol. The van der Waals surface area contributed by atoms with E-state index < -0.39 is 10.0 Å². The van der Waals surface area contributed by atoms with Gasteiger partial charge in [0.25, 0.3) is 0 Å². The second kappa shape index (κ2) is 5.30. The molecule has 6 heteroatoms. The Morgan fingerprint density at radius 3 is 2.53 bits per heavy atom. The molecule has 0 bridgehead atoms. The molecule has 1 aliphatic heterocycles. The maximum atomic E-state index is 12.5. The second-order valence-electron chi connectivity index (χ2n) is 4.95. The molecule has 2 rings (SSSR count). The molecule has 1 aromatic rings. The molecule has 1 fully saturated rings. The summed E-state index contributed by atoms with van der Waals surface area (Å²) >= 11 is 0. The lowest BCUT2D eigenvalue weighted by Gasteiger charge is -2.30. The van der Waals surface area contributed by atoms with Crippen molar-refractivity contribution in [2.45, 2.75) is 24.7 Å². The number of hydrogen-bond acceptors (Lipinski definition) is 3. The van der Waals surface area contributed by atoms with Crippen molar-refractivity contribution >= 4 is 15.9 Å². The lowest BCUT2D eigenvalue weighted by Crippen LogP contribution is -2.41. The van der Waals surface area contributed by atoms with Crippen LogP contribution in [0.2, 0.25) is 0 Å². The van der Waals surface area contributed by atoms with Crippen LogP contribution in [0.25, 0.3) is 0 Å². The van der Waals surface area contributed by atoms with E-state index in [0.29, 0.717) is 30.8 Å². The molecule has 0 unspecified atom stereocenters. The summed E-state index contributed by atoms with van der Waals surface area (Å²) in [4.78, 5) is 0.341. The number of amidine groups is 1. The first-order chi connectivity index (χ1) is 8.91. The first-order valence-corrected chi connectivity index (χ1v) is 7.76. The van der Waals surface area contributed by atoms with E-state index >= 15 is 0 Å². The van der Waals surface area contributed by atoms with Gasteiger partial charge < -0.3 is 5.73 Å². The van der Waals surface area contributed by atoms with Gasteiger partial charge in [-0.25, -0.2) is 8.42 Å². The van der Waals surface area contributed by atoms with Crippen LogP contribution in [0.5, 0.6) is 0 Å². The van der Waals surface area contributed by atoms with Gasteiger partial charge in [0, 0.05) is 19.0 Å². The third kappa shape index (κ3) is 2.96. The van der Waals surface area contributed by atoms with E-state index in [1.54, 1.807) is 18.2 Å². The molecular formula is C13H19N3O2S. The Morgan fingerprint density at radius 1 is 1.37 bits per heavy atom. The molecule has 1 heterocycles. The van der Waals surface area contributed by atoms with Gasteiger partial charge in [-0.05, 0) is 37.5 Å². The summed E-state index contributed by atoms with van der Waals surface area (Å²) in [7, 11) is -3.41. The Hall–Kier alpha value is -1.40. The van der Waals surface area contributed by atoms with Gasteiger partial charge in [-0.2, -0.15) is 4.31 Å². The standard InChI is InChI=1S/C13H19N3O2S/c1-10-3-2-4-12(9-10)19(17,18)16-7-5-11(6-8-16)13(14)15/h2-4,9,11H,5-8H2,1H3,(H3,14,15). The van der Waals surface area contributed by atoms with Crippen molar-refractivity contribution in [1.29, 1.82) is 5.41 Å². The number of nitrogens with two attached hydrogens (primary N) is 1. The van der Waals surface area contributed by atoms with E-state index in [2.05, 4.69) is 0 Å². The zero-order valence-corrected chi connectivity index (χ0v) is 11.8. The molecule has 0 amide bonds. The molecule has 0 atom stereocenters. The number of nitrogens with zero attached hydrogens (tertiary/aromatic N) is 1. The van der Waals surface area contributed by atoms with Crippen LogP contribution in [0, 0.1) is 18.3 Å². The smallest absolute Gasteiger partial charge is 0.243 e. The molecule has 0 aromatic heterocycles. The summed E-state index contributed by atoms with van der Waals surface area (Å²) in [6.45, 7) is 2.74. The predicted octanol–water partition coefficient (Wildman–Crippen LogP) is 1.33. The zero-order chi connectivity index (χ0) is 14.0. The molecule has 1 aliphatic rings. The lowest BCUT2D eigenvalue weighted by molar-refractivity contribution is 0.314. The van der Waals surface area contributed by atoms with Crippen molar-refractivity contribution in [1.82, 2.24) is 4.31 Å². The molecule has 19 heavy (non-hydrogen) atoms. The SMILES string of the molecule is Cc1cccc(S(=O)(=O)N2CCC(C(=N)N)CC2)c1. The Balaban J connectivity index is 2.16. The third-order valence-corrected chi connectivity index (χ3v) is 5.42. The Kier molecular flexibility index (Phi) is 3.91. The molecule has 0 saturated carbocycles. The van der Waals surface area contributed by atoms with Crippen LogP contribution in [0.4, 0.5) is 0 Å². The van der Waals surface area contributed by atoms with Crippen LogP contribution in [0.3, 0.4) is 0 Å². The van der Waals surface area contributed by atoms with Crippen LogP contribution in [-0.2, 0) is 10.0 Å². The fourth-order valence-corrected chi connectivity index (χ4v) is 3.91. The van der Waals surface area contributed by atoms with E-state index in [1.165, 1.54) is 4.31 Å². The van der Waals surface area contributed by atoms with Gasteiger partial charge in [-0.15, -0.1) is 0 Å². The molecule has 0 radical (unpaired) electrons. The number of sulfonamides is 1. The van der Waals surface area contributed by atoms with Crippen molar-refractivity contribution in [2.75, 3.05) is 13.1 Å². The largest absolute Gasteiger partial charge is 0.387 e. The van der Waals surface area contributed by atoms with Gasteiger partial charge in [0.15, 0.2) is 0 Å². The average Bonchev–Trinajstić information content (AvgIpc) is 2.39. The molecule has 3 N–H and O–H groups in total. The summed E-state index contributed by atoms with van der Waals surface area (Å²) in [5, 5.41) is 7.41. The van der Waals surface area contributed by atoms with Crippen LogP contribution in [-0.4, -0.2) is 31.6 Å². The van der Waals surface area contributed by atoms with Crippen LogP contribution >= 0.6 is 0 Å². The normalized spacial score (nSPS) is 18.4. The van der Waals surface area contributed by atoms with Gasteiger partial charge in [0.1, 0.15) is 0 Å². The van der Waals surface area contributed by atoms with Crippen molar-refractivity contribution in [2.24, 2.45) is 11.7 Å². The van der Waals surface area contributed by atoms with Gasteiger partial charge in [0.05, 0.1) is 10.7 Å². The highest BCUT2D eigenvalue weighted by molar-refractivity contribution is 7.89. The maximum Gasteiger partial charge on any atom is 0.243 e. The Morgan fingerprint density at radius 2 is 2.00 bits per heavy atom. The van der Waals surface area contributed by atoms with Gasteiger partial charge in [-0.3, -0.25) is 5.41 Å². The molecule has 1 aromatic carbocycles. The van der Waals surface area contributed by atoms with Crippen LogP contribution < -0.4 is 5.73 Å². The highest BCUT2D eigenvalue weighted by Crippen LogP contribution is 2.24. The van der Waals surface area contributed by atoms with Crippen molar-refractivity contribution in [3.8, 4) is 0 Å². The number of piperidine rings is 1. The lowest BCUT2D eigenvalue weighted by atomic mass is 9.97. The average molecular weight is 281 g/mol. The molecule has 104 valence electrons. The van der Waals surface area contributed by atoms with Gasteiger partial charge in [0.2, 0.25) is 10.0 Å². The monoisotopic (exact) mass is 281 g/mol. The van der Waals surface area contributed by atoms with Gasteiger partial charge in [-0.1, -0.05) is 12.1 Å². The third-order valence-electron chi connectivity index (χ3n) is 3.52. The second-order valence-corrected chi connectivity index (χ2v) is 6.89. The van der Waals surface area contributed by atoms with E-state index in [0.717, 1.165) is 5.56 Å². The number of benzene rings is 1. The molecule has 0 spiro atoms. The van der Waals surface area contributed by atoms with Crippen molar-refractivity contribution in [3.63, 3.8) is 0 Å². The minimum atomic E-state index is -3.41. The first kappa shape index (κ1) is 14.0. The van der Waals surface area contributed by atoms with E-state index in [1.807, 2.05) is 13.0 Å². The van der Waals surface area contributed by atoms with E-state index in [-0.39, 0.29) is 11.8 Å². The molecule has 0 aliphatic carbocycles. The molecule has 5 nitrogen and oxygen atoms in total. The van der Waals surface area contributed by atoms with Crippen LogP contribution in [0.1, 0.15) is 18.4 Å². The van der Waals surface area contributed by atoms with Crippen LogP contribution in [0.15, 0.2) is 29.2 Å². The summed E-state index contributed by atoms with van der Waals surface area (Å²) in [5.74, 6) is 0.177. The molecule has 1 saturated heterocycles. The fraction of sp³-hybridized carbons (Fsp3) is 0.462. The quantitative estimate of drug-likeness (QED) is 0.647. The highest BCUT2D eigenvalue weighted by atomic mass is 32.2. The first-order valence-electron chi connectivity index (χ1n) is 6.32. The summed E-state index contributed by atoms with van der Waals surface area (Å²) in [5.41, 5.74) is 6.40. The number of rotatable bonds is 3. The highest BCUT2D eigenvalue weighted by Gasteiger charge is 2.30.